The third kappa shape index (κ3) is 4.44. The van der Waals surface area contributed by atoms with Crippen LogP contribution in [0.2, 0.25) is 0 Å². The molecule has 2 aromatic carbocycles. The number of carbonyl (C=O) groups is 1. The van der Waals surface area contributed by atoms with Crippen molar-refractivity contribution in [2.75, 3.05) is 18.2 Å². The zero-order chi connectivity index (χ0) is 20.1. The quantitative estimate of drug-likeness (QED) is 0.567. The summed E-state index contributed by atoms with van der Waals surface area (Å²) < 4.78 is 10.8. The summed E-state index contributed by atoms with van der Waals surface area (Å²) in [6.07, 6.45) is 0. The highest BCUT2D eigenvalue weighted by Crippen LogP contribution is 2.25. The Labute approximate surface area is 161 Å². The zero-order valence-corrected chi connectivity index (χ0v) is 15.5. The van der Waals surface area contributed by atoms with Crippen LogP contribution in [0.3, 0.4) is 0 Å². The molecule has 1 aromatic heterocycles. The van der Waals surface area contributed by atoms with E-state index in [1.54, 1.807) is 12.1 Å². The summed E-state index contributed by atoms with van der Waals surface area (Å²) >= 11 is 0. The molecule has 0 atom stereocenters. The first kappa shape index (κ1) is 18.9. The predicted octanol–water partition coefficient (Wildman–Crippen LogP) is 2.19. The van der Waals surface area contributed by atoms with E-state index in [1.165, 1.54) is 13.2 Å². The van der Waals surface area contributed by atoms with Crippen LogP contribution in [0.25, 0.3) is 0 Å². The maximum atomic E-state index is 11.7. The molecule has 5 N–H and O–H groups in total. The van der Waals surface area contributed by atoms with Crippen LogP contribution in [0.5, 0.6) is 11.5 Å². The maximum Gasteiger partial charge on any atom is 0.252 e. The Morgan fingerprint density at radius 3 is 2.64 bits per heavy atom. The molecule has 0 saturated heterocycles. The van der Waals surface area contributed by atoms with Gasteiger partial charge < -0.3 is 26.3 Å². The molecule has 0 aliphatic rings. The molecule has 0 spiro atoms. The fourth-order valence-corrected chi connectivity index (χ4v) is 2.49. The van der Waals surface area contributed by atoms with Gasteiger partial charge in [-0.05, 0) is 36.8 Å². The Balaban J connectivity index is 1.79. The fraction of sp³-hybridized carbons (Fsp3) is 0.158. The number of aryl methyl sites for hydroxylation is 1. The van der Waals surface area contributed by atoms with Crippen LogP contribution >= 0.6 is 0 Å². The summed E-state index contributed by atoms with van der Waals surface area (Å²) in [7, 11) is 1.50. The summed E-state index contributed by atoms with van der Waals surface area (Å²) in [6, 6.07) is 12.5. The number of hydrogen-bond donors (Lipinski definition) is 3. The standard InChI is InChI=1S/C19H20N6O3/c1-11-5-3-4-6-14(11)22-19-24-16(23-18(21)25-19)10-28-15-8-7-12(27-2)9-13(15)17(20)26/h3-9H,10H2,1-2H3,(H2,20,26)(H3,21,22,23,24,25). The molecule has 0 unspecified atom stereocenters. The van der Waals surface area contributed by atoms with Gasteiger partial charge in [0.25, 0.3) is 5.91 Å². The number of hydrogen-bond acceptors (Lipinski definition) is 8. The Hall–Kier alpha value is -3.88. The molecule has 28 heavy (non-hydrogen) atoms. The molecule has 0 fully saturated rings. The number of nitrogens with one attached hydrogen (secondary N) is 1. The lowest BCUT2D eigenvalue weighted by Crippen LogP contribution is -2.14. The van der Waals surface area contributed by atoms with Gasteiger partial charge in [0, 0.05) is 5.69 Å². The molecule has 3 aromatic rings. The van der Waals surface area contributed by atoms with E-state index >= 15 is 0 Å². The van der Waals surface area contributed by atoms with Crippen molar-refractivity contribution in [2.45, 2.75) is 13.5 Å². The lowest BCUT2D eigenvalue weighted by molar-refractivity contribution is 0.0995. The van der Waals surface area contributed by atoms with E-state index in [0.717, 1.165) is 11.3 Å². The lowest BCUT2D eigenvalue weighted by atomic mass is 10.2. The highest BCUT2D eigenvalue weighted by molar-refractivity contribution is 5.96. The molecular formula is C19H20N6O3. The van der Waals surface area contributed by atoms with E-state index in [0.29, 0.717) is 23.3 Å². The van der Waals surface area contributed by atoms with Gasteiger partial charge in [-0.3, -0.25) is 4.79 Å². The number of methoxy groups -OCH3 is 1. The van der Waals surface area contributed by atoms with Gasteiger partial charge in [-0.2, -0.15) is 15.0 Å². The van der Waals surface area contributed by atoms with Crippen molar-refractivity contribution in [3.63, 3.8) is 0 Å². The van der Waals surface area contributed by atoms with Crippen LogP contribution in [0.1, 0.15) is 21.7 Å². The average molecular weight is 380 g/mol. The summed E-state index contributed by atoms with van der Waals surface area (Å²) in [6.45, 7) is 1.94. The second kappa shape index (κ2) is 8.21. The summed E-state index contributed by atoms with van der Waals surface area (Å²) in [5.74, 6) is 0.802. The van der Waals surface area contributed by atoms with Crippen LogP contribution < -0.4 is 26.3 Å². The molecule has 9 nitrogen and oxygen atoms in total. The van der Waals surface area contributed by atoms with Crippen molar-refractivity contribution in [3.05, 3.63) is 59.4 Å². The van der Waals surface area contributed by atoms with E-state index in [2.05, 4.69) is 20.3 Å². The highest BCUT2D eigenvalue weighted by atomic mass is 16.5. The molecule has 0 saturated carbocycles. The van der Waals surface area contributed by atoms with Crippen molar-refractivity contribution in [2.24, 2.45) is 5.73 Å². The Bertz CT molecular complexity index is 1010. The largest absolute Gasteiger partial charge is 0.497 e. The molecule has 144 valence electrons. The van der Waals surface area contributed by atoms with Gasteiger partial charge in [-0.15, -0.1) is 0 Å². The smallest absolute Gasteiger partial charge is 0.252 e. The van der Waals surface area contributed by atoms with Crippen LogP contribution in [0.4, 0.5) is 17.6 Å². The van der Waals surface area contributed by atoms with Gasteiger partial charge in [-0.1, -0.05) is 18.2 Å². The molecular weight excluding hydrogens is 360 g/mol. The van der Waals surface area contributed by atoms with Gasteiger partial charge in [0.2, 0.25) is 11.9 Å². The van der Waals surface area contributed by atoms with Crippen molar-refractivity contribution in [1.82, 2.24) is 15.0 Å². The van der Waals surface area contributed by atoms with Crippen LogP contribution in [-0.2, 0) is 6.61 Å². The molecule has 1 heterocycles. The van der Waals surface area contributed by atoms with Crippen molar-refractivity contribution >= 4 is 23.5 Å². The minimum Gasteiger partial charge on any atom is -0.497 e. The van der Waals surface area contributed by atoms with E-state index in [-0.39, 0.29) is 18.1 Å². The summed E-state index contributed by atoms with van der Waals surface area (Å²) in [5, 5.41) is 3.11. The molecule has 0 radical (unpaired) electrons. The minimum atomic E-state index is -0.633. The number of aromatic nitrogens is 3. The molecule has 0 aliphatic carbocycles. The number of anilines is 3. The number of ether oxygens (including phenoxy) is 2. The van der Waals surface area contributed by atoms with Crippen LogP contribution in [-0.4, -0.2) is 28.0 Å². The number of benzene rings is 2. The topological polar surface area (TPSA) is 138 Å². The number of primary amides is 1. The number of carbonyl (C=O) groups excluding carboxylic acids is 1. The van der Waals surface area contributed by atoms with Crippen molar-refractivity contribution in [3.8, 4) is 11.5 Å². The van der Waals surface area contributed by atoms with Crippen LogP contribution in [0, 0.1) is 6.92 Å². The van der Waals surface area contributed by atoms with Gasteiger partial charge in [0.05, 0.1) is 12.7 Å². The second-order valence-corrected chi connectivity index (χ2v) is 5.89. The molecule has 9 heteroatoms. The first-order valence-corrected chi connectivity index (χ1v) is 8.40. The van der Waals surface area contributed by atoms with E-state index in [1.807, 2.05) is 31.2 Å². The molecule has 0 bridgehead atoms. The van der Waals surface area contributed by atoms with Crippen molar-refractivity contribution in [1.29, 1.82) is 0 Å². The number of nitrogens with two attached hydrogens (primary N) is 2. The number of amides is 1. The number of rotatable bonds is 7. The SMILES string of the molecule is COc1ccc(OCc2nc(N)nc(Nc3ccccc3C)n2)c(C(N)=O)c1. The summed E-state index contributed by atoms with van der Waals surface area (Å²) in [4.78, 5) is 24.1. The van der Waals surface area contributed by atoms with Gasteiger partial charge in [-0.25, -0.2) is 0 Å². The zero-order valence-electron chi connectivity index (χ0n) is 15.5. The van der Waals surface area contributed by atoms with Gasteiger partial charge in [0.1, 0.15) is 18.1 Å². The van der Waals surface area contributed by atoms with Gasteiger partial charge >= 0.3 is 0 Å². The normalized spacial score (nSPS) is 10.4. The number of para-hydroxylation sites is 1. The first-order valence-electron chi connectivity index (χ1n) is 8.40. The second-order valence-electron chi connectivity index (χ2n) is 5.89. The average Bonchev–Trinajstić information content (AvgIpc) is 2.67. The molecule has 3 rings (SSSR count). The number of nitrogen functional groups attached to an aromatic ring is 1. The fourth-order valence-electron chi connectivity index (χ4n) is 2.49. The first-order chi connectivity index (χ1) is 13.5. The minimum absolute atomic E-state index is 0.0260. The van der Waals surface area contributed by atoms with Gasteiger partial charge in [0.15, 0.2) is 5.82 Å². The van der Waals surface area contributed by atoms with Crippen molar-refractivity contribution < 1.29 is 14.3 Å². The third-order valence-electron chi connectivity index (χ3n) is 3.90. The van der Waals surface area contributed by atoms with Crippen LogP contribution in [0.15, 0.2) is 42.5 Å². The summed E-state index contributed by atoms with van der Waals surface area (Å²) in [5.41, 5.74) is 13.3. The third-order valence-corrected chi connectivity index (χ3v) is 3.90. The molecule has 0 aliphatic heterocycles. The molecule has 1 amide bonds. The van der Waals surface area contributed by atoms with E-state index < -0.39 is 5.91 Å². The predicted molar refractivity (Wildman–Crippen MR) is 105 cm³/mol. The maximum absolute atomic E-state index is 11.7. The Morgan fingerprint density at radius 2 is 1.93 bits per heavy atom. The Kier molecular flexibility index (Phi) is 5.54. The Morgan fingerprint density at radius 1 is 1.14 bits per heavy atom. The van der Waals surface area contributed by atoms with E-state index in [4.69, 9.17) is 20.9 Å². The van der Waals surface area contributed by atoms with E-state index in [9.17, 15) is 4.79 Å². The lowest BCUT2D eigenvalue weighted by Gasteiger charge is -2.12. The highest BCUT2D eigenvalue weighted by Gasteiger charge is 2.13. The number of nitrogens with zero attached hydrogens (tertiary/aromatic N) is 3. The monoisotopic (exact) mass is 380 g/mol.